The molecule has 3 unspecified atom stereocenters. The van der Waals surface area contributed by atoms with E-state index in [1.807, 2.05) is 0 Å². The van der Waals surface area contributed by atoms with Crippen LogP contribution in [0.5, 0.6) is 0 Å². The van der Waals surface area contributed by atoms with E-state index in [2.05, 4.69) is 68.2 Å². The normalized spacial score (nSPS) is 33.7. The fraction of sp³-hybridized carbons (Fsp3) is 0.647. The molecule has 1 fully saturated rings. The van der Waals surface area contributed by atoms with Gasteiger partial charge in [0.15, 0.2) is 0 Å². The van der Waals surface area contributed by atoms with Crippen LogP contribution in [0.4, 0.5) is 0 Å². The van der Waals surface area contributed by atoms with Gasteiger partial charge >= 0.3 is 0 Å². The molecular weight excluding hydrogens is 331 g/mol. The van der Waals surface area contributed by atoms with Gasteiger partial charge in [-0.25, -0.2) is 0 Å². The Morgan fingerprint density at radius 3 is 2.83 bits per heavy atom. The van der Waals surface area contributed by atoms with Crippen LogP contribution in [0.15, 0.2) is 34.0 Å². The Morgan fingerprint density at radius 2 is 2.22 bits per heavy atom. The van der Waals surface area contributed by atoms with Gasteiger partial charge in [0.25, 0.3) is 0 Å². The van der Waals surface area contributed by atoms with Crippen LogP contribution in [0.2, 0.25) is 0 Å². The van der Waals surface area contributed by atoms with Crippen molar-refractivity contribution in [2.75, 3.05) is 0 Å². The maximum atomic E-state index is 4.13. The summed E-state index contributed by atoms with van der Waals surface area (Å²) >= 11 is 2.46. The molecule has 2 aliphatic carbocycles. The molecule has 0 spiro atoms. The summed E-state index contributed by atoms with van der Waals surface area (Å²) in [5.74, 6) is 2.23. The molecule has 100 valence electrons. The monoisotopic (exact) mass is 356 g/mol. The molecule has 0 nitrogen and oxygen atoms in total. The molecule has 0 amide bonds. The van der Waals surface area contributed by atoms with Gasteiger partial charge < -0.3 is 0 Å². The van der Waals surface area contributed by atoms with Crippen LogP contribution in [0.25, 0.3) is 0 Å². The second kappa shape index (κ2) is 5.52. The van der Waals surface area contributed by atoms with Gasteiger partial charge in [0.1, 0.15) is 0 Å². The molecule has 1 saturated carbocycles. The zero-order chi connectivity index (χ0) is 13.3. The van der Waals surface area contributed by atoms with Gasteiger partial charge in [-0.2, -0.15) is 0 Å². The van der Waals surface area contributed by atoms with Gasteiger partial charge in [-0.15, -0.1) is 6.58 Å². The third-order valence-electron chi connectivity index (χ3n) is 4.96. The molecule has 0 saturated heterocycles. The Hall–Kier alpha value is -0.0500. The standard InChI is InChI=1S/C17H25I/c1-5-7-8-13-14-10-9-12(18)11-16(14)17(3,4)15(13)6-2/h6,9,11,13-15H,2,5,7-8,10H2,1,3-4H3. The van der Waals surface area contributed by atoms with E-state index in [9.17, 15) is 0 Å². The van der Waals surface area contributed by atoms with Gasteiger partial charge in [0.05, 0.1) is 0 Å². The number of hydrogen-bond acceptors (Lipinski definition) is 0. The lowest BCUT2D eigenvalue weighted by molar-refractivity contribution is 0.265. The van der Waals surface area contributed by atoms with Crippen LogP contribution in [-0.4, -0.2) is 0 Å². The molecule has 3 atom stereocenters. The first-order chi connectivity index (χ1) is 8.52. The molecule has 1 heteroatoms. The molecule has 18 heavy (non-hydrogen) atoms. The van der Waals surface area contributed by atoms with Crippen molar-refractivity contribution in [2.24, 2.45) is 23.2 Å². The lowest BCUT2D eigenvalue weighted by Gasteiger charge is -2.29. The van der Waals surface area contributed by atoms with E-state index in [0.717, 1.165) is 11.8 Å². The summed E-state index contributed by atoms with van der Waals surface area (Å²) in [6.45, 7) is 11.3. The Kier molecular flexibility index (Phi) is 4.40. The zero-order valence-electron chi connectivity index (χ0n) is 11.9. The molecule has 0 bridgehead atoms. The summed E-state index contributed by atoms with van der Waals surface area (Å²) in [5, 5.41) is 0. The second-order valence-corrected chi connectivity index (χ2v) is 7.57. The number of halogens is 1. The van der Waals surface area contributed by atoms with Crippen molar-refractivity contribution >= 4 is 22.6 Å². The first kappa shape index (κ1) is 14.4. The molecule has 0 N–H and O–H groups in total. The Balaban J connectivity index is 2.33. The van der Waals surface area contributed by atoms with Crippen molar-refractivity contribution in [3.8, 4) is 0 Å². The second-order valence-electron chi connectivity index (χ2n) is 6.32. The Morgan fingerprint density at radius 1 is 1.50 bits per heavy atom. The highest BCUT2D eigenvalue weighted by molar-refractivity contribution is 14.1. The lowest BCUT2D eigenvalue weighted by Crippen LogP contribution is -2.21. The highest BCUT2D eigenvalue weighted by Gasteiger charge is 2.49. The highest BCUT2D eigenvalue weighted by Crippen LogP contribution is 2.58. The summed E-state index contributed by atoms with van der Waals surface area (Å²) in [6.07, 6.45) is 12.4. The average molecular weight is 356 g/mol. The predicted molar refractivity (Wildman–Crippen MR) is 88.8 cm³/mol. The van der Waals surface area contributed by atoms with Crippen LogP contribution in [0.3, 0.4) is 0 Å². The van der Waals surface area contributed by atoms with Crippen LogP contribution >= 0.6 is 22.6 Å². The van der Waals surface area contributed by atoms with Crippen molar-refractivity contribution in [2.45, 2.75) is 46.5 Å². The van der Waals surface area contributed by atoms with E-state index in [1.165, 1.54) is 29.3 Å². The molecule has 0 heterocycles. The van der Waals surface area contributed by atoms with Crippen molar-refractivity contribution in [1.82, 2.24) is 0 Å². The molecule has 2 aliphatic rings. The van der Waals surface area contributed by atoms with Gasteiger partial charge in [-0.1, -0.05) is 51.3 Å². The minimum Gasteiger partial charge on any atom is -0.103 e. The number of rotatable bonds is 4. The van der Waals surface area contributed by atoms with Crippen LogP contribution in [-0.2, 0) is 0 Å². The topological polar surface area (TPSA) is 0 Å². The fourth-order valence-corrected chi connectivity index (χ4v) is 4.61. The molecule has 0 radical (unpaired) electrons. The quantitative estimate of drug-likeness (QED) is 0.435. The molecule has 0 aromatic heterocycles. The van der Waals surface area contributed by atoms with Crippen molar-refractivity contribution < 1.29 is 0 Å². The van der Waals surface area contributed by atoms with Gasteiger partial charge in [-0.3, -0.25) is 0 Å². The molecular formula is C17H25I. The minimum atomic E-state index is 0.301. The van der Waals surface area contributed by atoms with E-state index in [0.29, 0.717) is 11.3 Å². The van der Waals surface area contributed by atoms with E-state index in [1.54, 1.807) is 5.57 Å². The maximum Gasteiger partial charge on any atom is 0.00900 e. The van der Waals surface area contributed by atoms with Crippen molar-refractivity contribution in [3.05, 3.63) is 34.0 Å². The minimum absolute atomic E-state index is 0.301. The van der Waals surface area contributed by atoms with Crippen LogP contribution in [0, 0.1) is 23.2 Å². The number of unbranched alkanes of at least 4 members (excludes halogenated alkanes) is 1. The molecule has 2 rings (SSSR count). The van der Waals surface area contributed by atoms with Crippen LogP contribution < -0.4 is 0 Å². The van der Waals surface area contributed by atoms with Gasteiger partial charge in [-0.05, 0) is 64.7 Å². The maximum absolute atomic E-state index is 4.13. The molecule has 0 aliphatic heterocycles. The van der Waals surface area contributed by atoms with Gasteiger partial charge in [0, 0.05) is 3.58 Å². The van der Waals surface area contributed by atoms with Crippen LogP contribution in [0.1, 0.15) is 46.5 Å². The zero-order valence-corrected chi connectivity index (χ0v) is 14.0. The largest absolute Gasteiger partial charge is 0.103 e. The van der Waals surface area contributed by atoms with Crippen molar-refractivity contribution in [3.63, 3.8) is 0 Å². The third-order valence-corrected chi connectivity index (χ3v) is 5.71. The summed E-state index contributed by atoms with van der Waals surface area (Å²) < 4.78 is 1.42. The smallest absolute Gasteiger partial charge is 0.00900 e. The molecule has 0 aromatic carbocycles. The fourth-order valence-electron chi connectivity index (χ4n) is 4.02. The highest BCUT2D eigenvalue weighted by atomic mass is 127. The Bertz CT molecular complexity index is 386. The number of fused-ring (bicyclic) bond motifs is 1. The van der Waals surface area contributed by atoms with E-state index >= 15 is 0 Å². The van der Waals surface area contributed by atoms with E-state index < -0.39 is 0 Å². The van der Waals surface area contributed by atoms with E-state index in [-0.39, 0.29) is 0 Å². The summed E-state index contributed by atoms with van der Waals surface area (Å²) in [7, 11) is 0. The summed E-state index contributed by atoms with van der Waals surface area (Å²) in [5.41, 5.74) is 1.98. The average Bonchev–Trinajstić information content (AvgIpc) is 2.54. The first-order valence-corrected chi connectivity index (χ1v) is 8.30. The SMILES string of the molecule is C=CC1C(CCCC)C2CC=C(I)C=C2C1(C)C. The number of allylic oxidation sites excluding steroid dienone is 5. The third kappa shape index (κ3) is 2.35. The summed E-state index contributed by atoms with van der Waals surface area (Å²) in [6, 6.07) is 0. The Labute approximate surface area is 126 Å². The summed E-state index contributed by atoms with van der Waals surface area (Å²) in [4.78, 5) is 0. The first-order valence-electron chi connectivity index (χ1n) is 7.22. The van der Waals surface area contributed by atoms with Crippen molar-refractivity contribution in [1.29, 1.82) is 0 Å². The number of hydrogen-bond donors (Lipinski definition) is 0. The predicted octanol–water partition coefficient (Wildman–Crippen LogP) is 5.90. The molecule has 0 aromatic rings. The van der Waals surface area contributed by atoms with Gasteiger partial charge in [0.2, 0.25) is 0 Å². The van der Waals surface area contributed by atoms with E-state index in [4.69, 9.17) is 0 Å². The lowest BCUT2D eigenvalue weighted by atomic mass is 9.76.